The fourth-order valence-corrected chi connectivity index (χ4v) is 3.91. The van der Waals surface area contributed by atoms with Crippen molar-refractivity contribution in [2.24, 2.45) is 0 Å². The lowest BCUT2D eigenvalue weighted by Crippen LogP contribution is -2.26. The van der Waals surface area contributed by atoms with E-state index in [4.69, 9.17) is 0 Å². The van der Waals surface area contributed by atoms with Crippen molar-refractivity contribution in [3.63, 3.8) is 0 Å². The van der Waals surface area contributed by atoms with Gasteiger partial charge in [-0.15, -0.1) is 11.3 Å². The van der Waals surface area contributed by atoms with E-state index in [0.29, 0.717) is 5.13 Å². The highest BCUT2D eigenvalue weighted by Gasteiger charge is 2.28. The summed E-state index contributed by atoms with van der Waals surface area (Å²) in [7, 11) is -3.56. The molecule has 0 spiro atoms. The average molecular weight is 337 g/mol. The molecule has 8 heteroatoms. The molecular formula is C14H15N3O3S2. The summed E-state index contributed by atoms with van der Waals surface area (Å²) in [6.07, 6.45) is 1.73. The van der Waals surface area contributed by atoms with Crippen molar-refractivity contribution in [3.05, 3.63) is 40.9 Å². The minimum absolute atomic E-state index is 0.0285. The number of anilines is 1. The van der Waals surface area contributed by atoms with Gasteiger partial charge in [-0.1, -0.05) is 6.07 Å². The van der Waals surface area contributed by atoms with E-state index in [0.717, 1.165) is 18.5 Å². The Morgan fingerprint density at radius 1 is 1.36 bits per heavy atom. The minimum Gasteiger partial charge on any atom is -0.298 e. The highest BCUT2D eigenvalue weighted by Crippen LogP contribution is 2.23. The molecule has 0 radical (unpaired) electrons. The van der Waals surface area contributed by atoms with Crippen molar-refractivity contribution in [2.45, 2.75) is 30.7 Å². The van der Waals surface area contributed by atoms with Crippen molar-refractivity contribution >= 4 is 32.4 Å². The molecular weight excluding hydrogens is 322 g/mol. The van der Waals surface area contributed by atoms with E-state index in [2.05, 4.69) is 15.0 Å². The van der Waals surface area contributed by atoms with Crippen LogP contribution in [0.5, 0.6) is 0 Å². The van der Waals surface area contributed by atoms with E-state index in [9.17, 15) is 13.2 Å². The Hall–Kier alpha value is -1.77. The Kier molecular flexibility index (Phi) is 3.98. The van der Waals surface area contributed by atoms with E-state index in [1.807, 2.05) is 12.3 Å². The molecule has 2 aromatic rings. The highest BCUT2D eigenvalue weighted by atomic mass is 32.2. The molecule has 1 fully saturated rings. The van der Waals surface area contributed by atoms with Crippen LogP contribution in [0.1, 0.15) is 28.9 Å². The fraction of sp³-hybridized carbons (Fsp3) is 0.286. The number of carbonyl (C=O) groups is 1. The lowest BCUT2D eigenvalue weighted by Gasteiger charge is -2.07. The molecule has 22 heavy (non-hydrogen) atoms. The lowest BCUT2D eigenvalue weighted by molar-refractivity contribution is 0.102. The van der Waals surface area contributed by atoms with E-state index in [-0.39, 0.29) is 22.4 Å². The quantitative estimate of drug-likeness (QED) is 0.875. The summed E-state index contributed by atoms with van der Waals surface area (Å²) in [6.45, 7) is 1.84. The highest BCUT2D eigenvalue weighted by molar-refractivity contribution is 7.89. The number of sulfonamides is 1. The number of carbonyl (C=O) groups excluding carboxylic acids is 1. The first-order chi connectivity index (χ1) is 10.4. The number of hydrogen-bond acceptors (Lipinski definition) is 5. The molecule has 1 aliphatic rings. The number of aryl methyl sites for hydroxylation is 1. The van der Waals surface area contributed by atoms with Gasteiger partial charge >= 0.3 is 0 Å². The van der Waals surface area contributed by atoms with Crippen LogP contribution < -0.4 is 10.0 Å². The standard InChI is InChI=1S/C14H15N3O3S2/c1-9-8-21-14(15-9)16-13(18)10-3-2-4-12(7-10)22(19,20)17-11-5-6-11/h2-4,7-8,11,17H,5-6H2,1H3,(H,15,16,18). The Bertz CT molecular complexity index is 810. The third-order valence-electron chi connectivity index (χ3n) is 3.15. The van der Waals surface area contributed by atoms with Gasteiger partial charge in [0.15, 0.2) is 5.13 Å². The Balaban J connectivity index is 1.79. The average Bonchev–Trinajstić information content (AvgIpc) is 3.19. The number of benzene rings is 1. The molecule has 1 aromatic carbocycles. The van der Waals surface area contributed by atoms with E-state index >= 15 is 0 Å². The first-order valence-corrected chi connectivity index (χ1v) is 9.16. The van der Waals surface area contributed by atoms with Crippen molar-refractivity contribution in [1.82, 2.24) is 9.71 Å². The molecule has 0 aliphatic heterocycles. The van der Waals surface area contributed by atoms with Crippen LogP contribution in [-0.2, 0) is 10.0 Å². The molecule has 0 unspecified atom stereocenters. The number of thiazole rings is 1. The van der Waals surface area contributed by atoms with Gasteiger partial charge in [0.05, 0.1) is 10.6 Å². The van der Waals surface area contributed by atoms with Gasteiger partial charge in [0.25, 0.3) is 5.91 Å². The molecule has 1 aliphatic carbocycles. The van der Waals surface area contributed by atoms with E-state index in [1.165, 1.54) is 23.5 Å². The number of nitrogens with zero attached hydrogens (tertiary/aromatic N) is 1. The molecule has 116 valence electrons. The van der Waals surface area contributed by atoms with Crippen LogP contribution in [0, 0.1) is 6.92 Å². The van der Waals surface area contributed by atoms with Crippen LogP contribution in [-0.4, -0.2) is 25.4 Å². The molecule has 0 bridgehead atoms. The summed E-state index contributed by atoms with van der Waals surface area (Å²) >= 11 is 1.33. The maximum atomic E-state index is 12.2. The molecule has 1 amide bonds. The monoisotopic (exact) mass is 337 g/mol. The molecule has 6 nitrogen and oxygen atoms in total. The lowest BCUT2D eigenvalue weighted by atomic mass is 10.2. The summed E-state index contributed by atoms with van der Waals surface area (Å²) in [6, 6.07) is 6.02. The van der Waals surface area contributed by atoms with Gasteiger partial charge in [0.1, 0.15) is 0 Å². The third kappa shape index (κ3) is 3.52. The zero-order chi connectivity index (χ0) is 15.7. The maximum Gasteiger partial charge on any atom is 0.257 e. The summed E-state index contributed by atoms with van der Waals surface area (Å²) in [5, 5.41) is 4.99. The van der Waals surface area contributed by atoms with Crippen molar-refractivity contribution in [2.75, 3.05) is 5.32 Å². The zero-order valence-electron chi connectivity index (χ0n) is 11.9. The van der Waals surface area contributed by atoms with Crippen LogP contribution in [0.25, 0.3) is 0 Å². The van der Waals surface area contributed by atoms with Gasteiger partial charge in [-0.25, -0.2) is 18.1 Å². The normalized spacial score (nSPS) is 14.8. The first-order valence-electron chi connectivity index (χ1n) is 6.80. The predicted octanol–water partition coefficient (Wildman–Crippen LogP) is 2.14. The van der Waals surface area contributed by atoms with Gasteiger partial charge in [-0.2, -0.15) is 0 Å². The molecule has 1 aromatic heterocycles. The van der Waals surface area contributed by atoms with Gasteiger partial charge in [-0.05, 0) is 38.0 Å². The molecule has 2 N–H and O–H groups in total. The smallest absolute Gasteiger partial charge is 0.257 e. The van der Waals surface area contributed by atoms with Crippen LogP contribution in [0.2, 0.25) is 0 Å². The van der Waals surface area contributed by atoms with Crippen molar-refractivity contribution < 1.29 is 13.2 Å². The van der Waals surface area contributed by atoms with Crippen LogP contribution in [0.15, 0.2) is 34.5 Å². The van der Waals surface area contributed by atoms with Crippen LogP contribution >= 0.6 is 11.3 Å². The second-order valence-electron chi connectivity index (χ2n) is 5.17. The van der Waals surface area contributed by atoms with E-state index in [1.54, 1.807) is 12.1 Å². The molecule has 0 atom stereocenters. The van der Waals surface area contributed by atoms with Crippen LogP contribution in [0.4, 0.5) is 5.13 Å². The Morgan fingerprint density at radius 3 is 2.77 bits per heavy atom. The Morgan fingerprint density at radius 2 is 2.14 bits per heavy atom. The number of rotatable bonds is 5. The summed E-state index contributed by atoms with van der Waals surface area (Å²) < 4.78 is 26.9. The summed E-state index contributed by atoms with van der Waals surface area (Å²) in [5.74, 6) is -0.377. The second-order valence-corrected chi connectivity index (χ2v) is 7.74. The van der Waals surface area contributed by atoms with Crippen molar-refractivity contribution in [3.8, 4) is 0 Å². The fourth-order valence-electron chi connectivity index (χ4n) is 1.87. The Labute approximate surface area is 132 Å². The number of aromatic nitrogens is 1. The maximum absolute atomic E-state index is 12.2. The predicted molar refractivity (Wildman–Crippen MR) is 84.6 cm³/mol. The number of amides is 1. The molecule has 0 saturated heterocycles. The van der Waals surface area contributed by atoms with Gasteiger partial charge in [0, 0.05) is 17.0 Å². The van der Waals surface area contributed by atoms with Crippen molar-refractivity contribution in [1.29, 1.82) is 0 Å². The second kappa shape index (κ2) is 5.79. The molecule has 1 saturated carbocycles. The third-order valence-corrected chi connectivity index (χ3v) is 5.54. The summed E-state index contributed by atoms with van der Waals surface area (Å²) in [5.41, 5.74) is 1.11. The summed E-state index contributed by atoms with van der Waals surface area (Å²) in [4.78, 5) is 16.4. The minimum atomic E-state index is -3.56. The first kappa shape index (κ1) is 15.1. The number of nitrogens with one attached hydrogen (secondary N) is 2. The van der Waals surface area contributed by atoms with Gasteiger partial charge < -0.3 is 0 Å². The van der Waals surface area contributed by atoms with Gasteiger partial charge in [0.2, 0.25) is 10.0 Å². The van der Waals surface area contributed by atoms with Gasteiger partial charge in [-0.3, -0.25) is 10.1 Å². The topological polar surface area (TPSA) is 88.2 Å². The van der Waals surface area contributed by atoms with E-state index < -0.39 is 10.0 Å². The SMILES string of the molecule is Cc1csc(NC(=O)c2cccc(S(=O)(=O)NC3CC3)c2)n1. The van der Waals surface area contributed by atoms with Crippen LogP contribution in [0.3, 0.4) is 0 Å². The molecule has 3 rings (SSSR count). The largest absolute Gasteiger partial charge is 0.298 e. The molecule has 1 heterocycles. The number of hydrogen-bond donors (Lipinski definition) is 2. The zero-order valence-corrected chi connectivity index (χ0v) is 13.5.